The van der Waals surface area contributed by atoms with Crippen LogP contribution in [0.1, 0.15) is 23.7 Å². The van der Waals surface area contributed by atoms with E-state index in [0.717, 1.165) is 6.07 Å². The summed E-state index contributed by atoms with van der Waals surface area (Å²) >= 11 is 5.66. The van der Waals surface area contributed by atoms with Crippen molar-refractivity contribution in [2.75, 3.05) is 5.32 Å². The minimum absolute atomic E-state index is 0.107. The van der Waals surface area contributed by atoms with Crippen LogP contribution in [-0.2, 0) is 9.53 Å². The van der Waals surface area contributed by atoms with Gasteiger partial charge in [0.2, 0.25) is 0 Å². The molecule has 1 heterocycles. The van der Waals surface area contributed by atoms with Crippen LogP contribution in [0, 0.1) is 5.82 Å². The highest BCUT2D eigenvalue weighted by Crippen LogP contribution is 2.20. The zero-order valence-electron chi connectivity index (χ0n) is 12.3. The van der Waals surface area contributed by atoms with E-state index in [1.54, 1.807) is 6.92 Å². The average Bonchev–Trinajstić information content (AvgIpc) is 2.56. The molecule has 7 heteroatoms. The molecule has 1 amide bonds. The third kappa shape index (κ3) is 4.50. The van der Waals surface area contributed by atoms with E-state index in [9.17, 15) is 14.0 Å². The van der Waals surface area contributed by atoms with Crippen LogP contribution in [0.4, 0.5) is 10.1 Å². The number of hydrogen-bond donors (Lipinski definition) is 1. The molecule has 1 aromatic carbocycles. The van der Waals surface area contributed by atoms with Gasteiger partial charge in [0, 0.05) is 18.1 Å². The lowest BCUT2D eigenvalue weighted by atomic mass is 10.2. The summed E-state index contributed by atoms with van der Waals surface area (Å²) < 4.78 is 18.3. The van der Waals surface area contributed by atoms with Crippen molar-refractivity contribution in [3.8, 4) is 0 Å². The van der Waals surface area contributed by atoms with Gasteiger partial charge in [-0.25, -0.2) is 9.18 Å². The van der Waals surface area contributed by atoms with Crippen molar-refractivity contribution in [2.24, 2.45) is 0 Å². The molecule has 120 valence electrons. The Hall–Kier alpha value is -2.47. The number of hydrogen-bond acceptors (Lipinski definition) is 4. The van der Waals surface area contributed by atoms with Crippen molar-refractivity contribution in [2.45, 2.75) is 19.4 Å². The van der Waals surface area contributed by atoms with Gasteiger partial charge in [-0.3, -0.25) is 9.78 Å². The molecule has 0 fully saturated rings. The minimum Gasteiger partial charge on any atom is -0.449 e. The van der Waals surface area contributed by atoms with Gasteiger partial charge in [0.1, 0.15) is 5.82 Å². The molecule has 0 spiro atoms. The lowest BCUT2D eigenvalue weighted by Gasteiger charge is -2.16. The molecule has 1 atom stereocenters. The quantitative estimate of drug-likeness (QED) is 0.849. The molecule has 0 saturated carbocycles. The zero-order chi connectivity index (χ0) is 16.8. The number of aromatic nitrogens is 1. The molecule has 0 aliphatic rings. The Balaban J connectivity index is 2.03. The first kappa shape index (κ1) is 16.9. The second kappa shape index (κ2) is 7.69. The summed E-state index contributed by atoms with van der Waals surface area (Å²) in [6.07, 6.45) is 2.23. The molecule has 0 aliphatic heterocycles. The highest BCUT2D eigenvalue weighted by Gasteiger charge is 2.22. The second-order valence-electron chi connectivity index (χ2n) is 4.66. The highest BCUT2D eigenvalue weighted by molar-refractivity contribution is 6.31. The number of anilines is 1. The van der Waals surface area contributed by atoms with Gasteiger partial charge in [0.05, 0.1) is 10.6 Å². The van der Waals surface area contributed by atoms with Gasteiger partial charge in [-0.1, -0.05) is 18.5 Å². The molecular weight excluding hydrogens is 323 g/mol. The lowest BCUT2D eigenvalue weighted by molar-refractivity contribution is -0.124. The number of nitrogens with zero attached hydrogens (tertiary/aromatic N) is 1. The predicted molar refractivity (Wildman–Crippen MR) is 83.8 cm³/mol. The number of carbonyl (C=O) groups excluding carboxylic acids is 2. The maximum absolute atomic E-state index is 13.1. The molecule has 1 N–H and O–H groups in total. The molecule has 2 aromatic rings. The molecule has 2 rings (SSSR count). The van der Waals surface area contributed by atoms with Gasteiger partial charge in [0.25, 0.3) is 5.91 Å². The number of amides is 1. The Kier molecular flexibility index (Phi) is 5.65. The molecule has 0 radical (unpaired) electrons. The number of carbonyl (C=O) groups is 2. The largest absolute Gasteiger partial charge is 0.449 e. The molecule has 5 nitrogen and oxygen atoms in total. The van der Waals surface area contributed by atoms with Crippen molar-refractivity contribution in [1.29, 1.82) is 0 Å². The van der Waals surface area contributed by atoms with Crippen LogP contribution in [0.15, 0.2) is 42.7 Å². The molecular formula is C16H14ClFN2O3. The third-order valence-corrected chi connectivity index (χ3v) is 3.31. The number of ether oxygens (including phenoxy) is 1. The van der Waals surface area contributed by atoms with Crippen LogP contribution in [0.25, 0.3) is 0 Å². The summed E-state index contributed by atoms with van der Waals surface area (Å²) in [5.41, 5.74) is 0.621. The van der Waals surface area contributed by atoms with Gasteiger partial charge in [-0.15, -0.1) is 0 Å². The zero-order valence-corrected chi connectivity index (χ0v) is 13.0. The van der Waals surface area contributed by atoms with E-state index in [1.807, 2.05) is 0 Å². The van der Waals surface area contributed by atoms with E-state index in [2.05, 4.69) is 10.3 Å². The first-order valence-corrected chi connectivity index (χ1v) is 7.26. The van der Waals surface area contributed by atoms with Gasteiger partial charge in [0.15, 0.2) is 6.10 Å². The van der Waals surface area contributed by atoms with Gasteiger partial charge in [-0.2, -0.15) is 0 Å². The van der Waals surface area contributed by atoms with E-state index in [4.69, 9.17) is 16.3 Å². The van der Waals surface area contributed by atoms with E-state index in [-0.39, 0.29) is 11.4 Å². The number of esters is 1. The minimum atomic E-state index is -0.973. The number of rotatable bonds is 5. The van der Waals surface area contributed by atoms with Gasteiger partial charge >= 0.3 is 5.97 Å². The van der Waals surface area contributed by atoms with Crippen LogP contribution in [0.3, 0.4) is 0 Å². The summed E-state index contributed by atoms with van der Waals surface area (Å²) in [6, 6.07) is 6.78. The maximum Gasteiger partial charge on any atom is 0.339 e. The Morgan fingerprint density at radius 2 is 2.00 bits per heavy atom. The van der Waals surface area contributed by atoms with Crippen molar-refractivity contribution in [1.82, 2.24) is 4.98 Å². The van der Waals surface area contributed by atoms with E-state index in [1.165, 1.54) is 36.7 Å². The number of halogens is 2. The third-order valence-electron chi connectivity index (χ3n) is 3.02. The lowest BCUT2D eigenvalue weighted by Crippen LogP contribution is -2.32. The normalized spacial score (nSPS) is 11.6. The summed E-state index contributed by atoms with van der Waals surface area (Å²) in [5, 5.41) is 2.43. The molecule has 0 bridgehead atoms. The fourth-order valence-electron chi connectivity index (χ4n) is 1.80. The SMILES string of the molecule is CCC(OC(=O)c1ccncc1)C(=O)Nc1ccc(F)c(Cl)c1. The van der Waals surface area contributed by atoms with Crippen LogP contribution in [0.5, 0.6) is 0 Å². The van der Waals surface area contributed by atoms with Crippen molar-refractivity contribution in [3.05, 3.63) is 59.1 Å². The van der Waals surface area contributed by atoms with Crippen LogP contribution >= 0.6 is 11.6 Å². The monoisotopic (exact) mass is 336 g/mol. The van der Waals surface area contributed by atoms with Crippen molar-refractivity contribution >= 4 is 29.2 Å². The van der Waals surface area contributed by atoms with Crippen LogP contribution in [0.2, 0.25) is 5.02 Å². The summed E-state index contributed by atoms with van der Waals surface area (Å²) in [7, 11) is 0. The average molecular weight is 337 g/mol. The van der Waals surface area contributed by atoms with Gasteiger partial charge < -0.3 is 10.1 Å². The Morgan fingerprint density at radius 3 is 2.61 bits per heavy atom. The second-order valence-corrected chi connectivity index (χ2v) is 5.06. The smallest absolute Gasteiger partial charge is 0.339 e. The molecule has 23 heavy (non-hydrogen) atoms. The summed E-state index contributed by atoms with van der Waals surface area (Å²) in [4.78, 5) is 27.9. The molecule has 0 aliphatic carbocycles. The Bertz CT molecular complexity index is 710. The number of pyridine rings is 1. The Labute approximate surface area is 137 Å². The first-order valence-electron chi connectivity index (χ1n) is 6.88. The molecule has 1 unspecified atom stereocenters. The first-order chi connectivity index (χ1) is 11.0. The van der Waals surface area contributed by atoms with E-state index >= 15 is 0 Å². The highest BCUT2D eigenvalue weighted by atomic mass is 35.5. The van der Waals surface area contributed by atoms with E-state index < -0.39 is 23.8 Å². The molecule has 0 saturated heterocycles. The van der Waals surface area contributed by atoms with Crippen molar-refractivity contribution < 1.29 is 18.7 Å². The number of benzene rings is 1. The topological polar surface area (TPSA) is 68.3 Å². The van der Waals surface area contributed by atoms with Crippen molar-refractivity contribution in [3.63, 3.8) is 0 Å². The maximum atomic E-state index is 13.1. The Morgan fingerprint density at radius 1 is 1.30 bits per heavy atom. The molecule has 1 aromatic heterocycles. The van der Waals surface area contributed by atoms with Crippen LogP contribution < -0.4 is 5.32 Å². The number of nitrogens with one attached hydrogen (secondary N) is 1. The van der Waals surface area contributed by atoms with Crippen LogP contribution in [-0.4, -0.2) is 23.0 Å². The summed E-state index contributed by atoms with van der Waals surface area (Å²) in [6.45, 7) is 1.71. The fourth-order valence-corrected chi connectivity index (χ4v) is 1.98. The van der Waals surface area contributed by atoms with E-state index in [0.29, 0.717) is 11.3 Å². The predicted octanol–water partition coefficient (Wildman–Crippen LogP) is 3.45. The van der Waals surface area contributed by atoms with Gasteiger partial charge in [-0.05, 0) is 36.8 Å². The summed E-state index contributed by atoms with van der Waals surface area (Å²) in [5.74, 6) is -1.72. The fraction of sp³-hybridized carbons (Fsp3) is 0.188. The standard InChI is InChI=1S/C16H14ClFN2O3/c1-2-14(23-16(22)10-5-7-19-8-6-10)15(21)20-11-3-4-13(18)12(17)9-11/h3-9,14H,2H2,1H3,(H,20,21).